The van der Waals surface area contributed by atoms with Gasteiger partial charge in [-0.2, -0.15) is 13.2 Å². The molecule has 3 nitrogen and oxygen atoms in total. The topological polar surface area (TPSA) is 49.3 Å². The Balaban J connectivity index is 2.45. The summed E-state index contributed by atoms with van der Waals surface area (Å²) >= 11 is 0. The number of rotatable bonds is 4. The molecule has 1 aromatic carbocycles. The summed E-state index contributed by atoms with van der Waals surface area (Å²) < 4.78 is 48.4. The molecule has 0 aliphatic heterocycles. The minimum Gasteiger partial charge on any atom is -0.382 e. The fraction of sp³-hybridized carbons (Fsp3) is 0.250. The third kappa shape index (κ3) is 5.52. The average Bonchev–Trinajstić information content (AvgIpc) is 2.34. The van der Waals surface area contributed by atoms with Crippen molar-refractivity contribution in [2.75, 3.05) is 6.54 Å². The van der Waals surface area contributed by atoms with Crippen molar-refractivity contribution in [2.45, 2.75) is 12.3 Å². The standard InChI is InChI=1S/C12H11F4NO2/c13-9-4-1-8(2-5-9)3-6-11(19)17-7-10(18)12(14,15)16/h1-6,10,18H,7H2,(H,17,19)/b6-3+. The molecule has 19 heavy (non-hydrogen) atoms. The van der Waals surface area contributed by atoms with E-state index in [1.54, 1.807) is 0 Å². The maximum absolute atomic E-state index is 12.6. The van der Waals surface area contributed by atoms with Gasteiger partial charge in [0.05, 0.1) is 6.54 Å². The van der Waals surface area contributed by atoms with Crippen molar-refractivity contribution in [3.63, 3.8) is 0 Å². The molecule has 0 aliphatic carbocycles. The van der Waals surface area contributed by atoms with Crippen LogP contribution in [0.5, 0.6) is 0 Å². The maximum atomic E-state index is 12.6. The van der Waals surface area contributed by atoms with Crippen LogP contribution < -0.4 is 5.32 Å². The molecule has 0 aliphatic rings. The van der Waals surface area contributed by atoms with Crippen molar-refractivity contribution in [1.29, 1.82) is 0 Å². The Kier molecular flexibility index (Phi) is 5.05. The zero-order valence-corrected chi connectivity index (χ0v) is 9.62. The van der Waals surface area contributed by atoms with Crippen LogP contribution in [-0.2, 0) is 4.79 Å². The van der Waals surface area contributed by atoms with Crippen LogP contribution in [0.2, 0.25) is 0 Å². The third-order valence-corrected chi connectivity index (χ3v) is 2.14. The van der Waals surface area contributed by atoms with Gasteiger partial charge in [-0.15, -0.1) is 0 Å². The van der Waals surface area contributed by atoms with Crippen molar-refractivity contribution < 1.29 is 27.5 Å². The van der Waals surface area contributed by atoms with Crippen LogP contribution in [0.25, 0.3) is 6.08 Å². The second-order valence-corrected chi connectivity index (χ2v) is 3.69. The van der Waals surface area contributed by atoms with Gasteiger partial charge in [0.2, 0.25) is 5.91 Å². The fourth-order valence-corrected chi connectivity index (χ4v) is 1.12. The molecule has 1 amide bonds. The van der Waals surface area contributed by atoms with Crippen molar-refractivity contribution in [2.24, 2.45) is 0 Å². The molecule has 104 valence electrons. The molecule has 1 aromatic rings. The van der Waals surface area contributed by atoms with E-state index in [1.807, 2.05) is 5.32 Å². The van der Waals surface area contributed by atoms with Crippen LogP contribution >= 0.6 is 0 Å². The SMILES string of the molecule is O=C(/C=C/c1ccc(F)cc1)NCC(O)C(F)(F)F. The summed E-state index contributed by atoms with van der Waals surface area (Å²) in [5, 5.41) is 10.5. The molecule has 1 atom stereocenters. The van der Waals surface area contributed by atoms with E-state index in [-0.39, 0.29) is 0 Å². The Morgan fingerprint density at radius 1 is 1.32 bits per heavy atom. The van der Waals surface area contributed by atoms with Crippen molar-refractivity contribution in [3.05, 3.63) is 41.7 Å². The smallest absolute Gasteiger partial charge is 0.382 e. The highest BCUT2D eigenvalue weighted by Gasteiger charge is 2.37. The Bertz CT molecular complexity index is 454. The van der Waals surface area contributed by atoms with Crippen LogP contribution in [0, 0.1) is 5.82 Å². The summed E-state index contributed by atoms with van der Waals surface area (Å²) in [6.07, 6.45) is -5.06. The zero-order valence-electron chi connectivity index (χ0n) is 9.62. The monoisotopic (exact) mass is 277 g/mol. The van der Waals surface area contributed by atoms with E-state index in [1.165, 1.54) is 30.3 Å². The summed E-state index contributed by atoms with van der Waals surface area (Å²) in [5.74, 6) is -1.22. The molecule has 1 unspecified atom stereocenters. The van der Waals surface area contributed by atoms with E-state index in [9.17, 15) is 22.4 Å². The zero-order chi connectivity index (χ0) is 14.5. The highest BCUT2D eigenvalue weighted by molar-refractivity contribution is 5.91. The third-order valence-electron chi connectivity index (χ3n) is 2.14. The van der Waals surface area contributed by atoms with Gasteiger partial charge >= 0.3 is 6.18 Å². The Labute approximate surface area is 106 Å². The van der Waals surface area contributed by atoms with Crippen molar-refractivity contribution in [1.82, 2.24) is 5.32 Å². The van der Waals surface area contributed by atoms with Gasteiger partial charge in [-0.25, -0.2) is 4.39 Å². The molecule has 0 fully saturated rings. The largest absolute Gasteiger partial charge is 0.416 e. The van der Waals surface area contributed by atoms with E-state index in [0.29, 0.717) is 5.56 Å². The minimum atomic E-state index is -4.77. The number of benzene rings is 1. The second-order valence-electron chi connectivity index (χ2n) is 3.69. The Morgan fingerprint density at radius 2 is 1.89 bits per heavy atom. The normalized spacial score (nSPS) is 13.5. The molecule has 1 rings (SSSR count). The molecule has 0 heterocycles. The number of carbonyl (C=O) groups is 1. The van der Waals surface area contributed by atoms with Crippen molar-refractivity contribution >= 4 is 12.0 Å². The predicted octanol–water partition coefficient (Wildman–Crippen LogP) is 1.88. The van der Waals surface area contributed by atoms with Crippen LogP contribution in [0.15, 0.2) is 30.3 Å². The van der Waals surface area contributed by atoms with E-state index < -0.39 is 30.5 Å². The average molecular weight is 277 g/mol. The maximum Gasteiger partial charge on any atom is 0.416 e. The number of halogens is 4. The molecule has 0 saturated carbocycles. The van der Waals surface area contributed by atoms with Gasteiger partial charge in [-0.1, -0.05) is 12.1 Å². The van der Waals surface area contributed by atoms with Crippen LogP contribution in [0.4, 0.5) is 17.6 Å². The number of alkyl halides is 3. The molecule has 0 radical (unpaired) electrons. The molecule has 0 spiro atoms. The van der Waals surface area contributed by atoms with Crippen LogP contribution in [0.3, 0.4) is 0 Å². The summed E-state index contributed by atoms with van der Waals surface area (Å²) in [6, 6.07) is 5.18. The number of nitrogens with one attached hydrogen (secondary N) is 1. The lowest BCUT2D eigenvalue weighted by Crippen LogP contribution is -2.40. The van der Waals surface area contributed by atoms with Crippen LogP contribution in [0.1, 0.15) is 5.56 Å². The Hall–Kier alpha value is -1.89. The van der Waals surface area contributed by atoms with Gasteiger partial charge < -0.3 is 10.4 Å². The molecule has 2 N–H and O–H groups in total. The summed E-state index contributed by atoms with van der Waals surface area (Å²) in [5.41, 5.74) is 0.521. The lowest BCUT2D eigenvalue weighted by Gasteiger charge is -2.14. The first-order chi connectivity index (χ1) is 8.79. The number of carbonyl (C=O) groups excluding carboxylic acids is 1. The highest BCUT2D eigenvalue weighted by Crippen LogP contribution is 2.19. The second kappa shape index (κ2) is 6.33. The van der Waals surface area contributed by atoms with Crippen LogP contribution in [-0.4, -0.2) is 29.8 Å². The number of hydrogen-bond acceptors (Lipinski definition) is 2. The quantitative estimate of drug-likeness (QED) is 0.652. The minimum absolute atomic E-state index is 0.435. The first-order valence-corrected chi connectivity index (χ1v) is 5.25. The van der Waals surface area contributed by atoms with Gasteiger partial charge in [0, 0.05) is 6.08 Å². The highest BCUT2D eigenvalue weighted by atomic mass is 19.4. The number of amides is 1. The van der Waals surface area contributed by atoms with Gasteiger partial charge in [-0.3, -0.25) is 4.79 Å². The van der Waals surface area contributed by atoms with E-state index in [2.05, 4.69) is 0 Å². The van der Waals surface area contributed by atoms with Gasteiger partial charge in [-0.05, 0) is 23.8 Å². The number of hydrogen-bond donors (Lipinski definition) is 2. The molecule has 0 bridgehead atoms. The lowest BCUT2D eigenvalue weighted by atomic mass is 10.2. The molecule has 0 aromatic heterocycles. The summed E-state index contributed by atoms with van der Waals surface area (Å²) in [6.45, 7) is -0.921. The van der Waals surface area contributed by atoms with E-state index >= 15 is 0 Å². The molecule has 7 heteroatoms. The molecular formula is C12H11F4NO2. The van der Waals surface area contributed by atoms with Gasteiger partial charge in [0.25, 0.3) is 0 Å². The predicted molar refractivity (Wildman–Crippen MR) is 60.5 cm³/mol. The number of aliphatic hydroxyl groups excluding tert-OH is 1. The first-order valence-electron chi connectivity index (χ1n) is 5.25. The van der Waals surface area contributed by atoms with Gasteiger partial charge in [0.15, 0.2) is 6.10 Å². The van der Waals surface area contributed by atoms with Gasteiger partial charge in [0.1, 0.15) is 5.82 Å². The van der Waals surface area contributed by atoms with E-state index in [4.69, 9.17) is 5.11 Å². The molecular weight excluding hydrogens is 266 g/mol. The lowest BCUT2D eigenvalue weighted by molar-refractivity contribution is -0.201. The first kappa shape index (κ1) is 15.2. The Morgan fingerprint density at radius 3 is 2.42 bits per heavy atom. The summed E-state index contributed by atoms with van der Waals surface area (Å²) in [7, 11) is 0. The fourth-order valence-electron chi connectivity index (χ4n) is 1.12. The number of aliphatic hydroxyl groups is 1. The summed E-state index contributed by atoms with van der Waals surface area (Å²) in [4.78, 5) is 11.2. The molecule has 0 saturated heterocycles. The van der Waals surface area contributed by atoms with E-state index in [0.717, 1.165) is 6.08 Å². The van der Waals surface area contributed by atoms with Crippen molar-refractivity contribution in [3.8, 4) is 0 Å².